The molecule has 3 nitrogen and oxygen atoms in total. The van der Waals surface area contributed by atoms with Gasteiger partial charge in [0.1, 0.15) is 0 Å². The summed E-state index contributed by atoms with van der Waals surface area (Å²) in [4.78, 5) is 0. The lowest BCUT2D eigenvalue weighted by atomic mass is 9.83. The Hall–Kier alpha value is -0.830. The van der Waals surface area contributed by atoms with Crippen molar-refractivity contribution in [1.29, 1.82) is 0 Å². The van der Waals surface area contributed by atoms with Crippen molar-refractivity contribution in [2.45, 2.75) is 72.8 Å². The van der Waals surface area contributed by atoms with E-state index in [2.05, 4.69) is 58.1 Å². The highest BCUT2D eigenvalue weighted by molar-refractivity contribution is 5.10. The van der Waals surface area contributed by atoms with Crippen LogP contribution >= 0.6 is 0 Å². The van der Waals surface area contributed by atoms with E-state index in [1.807, 2.05) is 4.68 Å². The predicted molar refractivity (Wildman–Crippen MR) is 87.1 cm³/mol. The van der Waals surface area contributed by atoms with Crippen LogP contribution in [-0.4, -0.2) is 22.4 Å². The summed E-state index contributed by atoms with van der Waals surface area (Å²) >= 11 is 0. The van der Waals surface area contributed by atoms with Crippen molar-refractivity contribution in [2.24, 2.45) is 12.5 Å². The van der Waals surface area contributed by atoms with Gasteiger partial charge < -0.3 is 5.32 Å². The van der Waals surface area contributed by atoms with Crippen LogP contribution in [0.2, 0.25) is 0 Å². The maximum Gasteiger partial charge on any atom is 0.0624 e. The second kappa shape index (κ2) is 7.82. The van der Waals surface area contributed by atoms with Gasteiger partial charge in [-0.1, -0.05) is 34.6 Å². The minimum atomic E-state index is 0.330. The molecule has 3 heteroatoms. The van der Waals surface area contributed by atoms with E-state index in [4.69, 9.17) is 0 Å². The largest absolute Gasteiger partial charge is 0.313 e. The first-order valence-corrected chi connectivity index (χ1v) is 8.13. The van der Waals surface area contributed by atoms with Gasteiger partial charge in [0.2, 0.25) is 0 Å². The van der Waals surface area contributed by atoms with Gasteiger partial charge in [-0.25, -0.2) is 0 Å². The summed E-state index contributed by atoms with van der Waals surface area (Å²) in [7, 11) is 2.06. The van der Waals surface area contributed by atoms with Gasteiger partial charge in [-0.15, -0.1) is 0 Å². The summed E-state index contributed by atoms with van der Waals surface area (Å²) in [5, 5.41) is 8.23. The molecule has 1 aromatic rings. The second-order valence-electron chi connectivity index (χ2n) is 6.87. The van der Waals surface area contributed by atoms with Gasteiger partial charge >= 0.3 is 0 Å². The molecule has 0 spiro atoms. The number of aromatic nitrogens is 2. The van der Waals surface area contributed by atoms with Gasteiger partial charge in [-0.2, -0.15) is 5.10 Å². The molecular formula is C17H33N3. The van der Waals surface area contributed by atoms with Crippen molar-refractivity contribution in [3.05, 3.63) is 17.5 Å². The Labute approximate surface area is 125 Å². The van der Waals surface area contributed by atoms with E-state index < -0.39 is 0 Å². The van der Waals surface area contributed by atoms with Crippen LogP contribution in [0, 0.1) is 5.41 Å². The SMILES string of the molecule is CCCNC(CCCc1cc(CC)nn1C)C(C)(C)C. The van der Waals surface area contributed by atoms with Gasteiger partial charge in [0.25, 0.3) is 0 Å². The van der Waals surface area contributed by atoms with Crippen LogP contribution in [0.1, 0.15) is 65.3 Å². The zero-order valence-electron chi connectivity index (χ0n) is 14.3. The number of rotatable bonds is 8. The lowest BCUT2D eigenvalue weighted by Gasteiger charge is -2.32. The molecule has 0 radical (unpaired) electrons. The molecule has 1 unspecified atom stereocenters. The Morgan fingerprint density at radius 3 is 2.50 bits per heavy atom. The first kappa shape index (κ1) is 17.2. The van der Waals surface area contributed by atoms with Crippen LogP contribution in [0.25, 0.3) is 0 Å². The lowest BCUT2D eigenvalue weighted by Crippen LogP contribution is -2.40. The van der Waals surface area contributed by atoms with Crippen LogP contribution in [0.3, 0.4) is 0 Å². The quantitative estimate of drug-likeness (QED) is 0.786. The molecule has 0 aliphatic rings. The third kappa shape index (κ3) is 5.28. The highest BCUT2D eigenvalue weighted by Crippen LogP contribution is 2.23. The Balaban J connectivity index is 2.49. The van der Waals surface area contributed by atoms with E-state index in [1.54, 1.807) is 0 Å². The topological polar surface area (TPSA) is 29.9 Å². The van der Waals surface area contributed by atoms with Gasteiger partial charge in [0, 0.05) is 18.8 Å². The van der Waals surface area contributed by atoms with Crippen molar-refractivity contribution < 1.29 is 0 Å². The van der Waals surface area contributed by atoms with Gasteiger partial charge in [0.05, 0.1) is 5.69 Å². The van der Waals surface area contributed by atoms with E-state index in [-0.39, 0.29) is 0 Å². The zero-order valence-corrected chi connectivity index (χ0v) is 14.3. The number of nitrogens with one attached hydrogen (secondary N) is 1. The van der Waals surface area contributed by atoms with Crippen molar-refractivity contribution in [3.63, 3.8) is 0 Å². The summed E-state index contributed by atoms with van der Waals surface area (Å²) in [6.45, 7) is 12.5. The smallest absolute Gasteiger partial charge is 0.0624 e. The fourth-order valence-corrected chi connectivity index (χ4v) is 2.63. The van der Waals surface area contributed by atoms with Crippen LogP contribution < -0.4 is 5.32 Å². The third-order valence-corrected chi connectivity index (χ3v) is 4.00. The lowest BCUT2D eigenvalue weighted by molar-refractivity contribution is 0.251. The molecule has 0 fully saturated rings. The zero-order chi connectivity index (χ0) is 15.2. The van der Waals surface area contributed by atoms with Crippen molar-refractivity contribution in [3.8, 4) is 0 Å². The number of hydrogen-bond acceptors (Lipinski definition) is 2. The van der Waals surface area contributed by atoms with Gasteiger partial charge in [-0.05, 0) is 50.1 Å². The molecule has 1 aromatic heterocycles. The normalized spacial score (nSPS) is 13.7. The minimum absolute atomic E-state index is 0.330. The Morgan fingerprint density at radius 2 is 2.00 bits per heavy atom. The number of hydrogen-bond donors (Lipinski definition) is 1. The van der Waals surface area contributed by atoms with E-state index in [0.717, 1.165) is 19.4 Å². The van der Waals surface area contributed by atoms with E-state index in [9.17, 15) is 0 Å². The Bertz CT molecular complexity index is 387. The standard InChI is InChI=1S/C17H33N3/c1-7-12-18-16(17(3,4)5)11-9-10-15-13-14(8-2)19-20(15)6/h13,16,18H,7-12H2,1-6H3. The fourth-order valence-electron chi connectivity index (χ4n) is 2.63. The van der Waals surface area contributed by atoms with E-state index in [1.165, 1.54) is 30.7 Å². The van der Waals surface area contributed by atoms with Crippen molar-refractivity contribution >= 4 is 0 Å². The summed E-state index contributed by atoms with van der Waals surface area (Å²) in [6.07, 6.45) is 5.81. The molecule has 1 atom stereocenters. The molecule has 1 rings (SSSR count). The first-order valence-electron chi connectivity index (χ1n) is 8.13. The molecule has 0 aliphatic heterocycles. The molecule has 0 aromatic carbocycles. The monoisotopic (exact) mass is 279 g/mol. The number of nitrogens with zero attached hydrogens (tertiary/aromatic N) is 2. The molecule has 0 amide bonds. The summed E-state index contributed by atoms with van der Waals surface area (Å²) < 4.78 is 2.05. The number of aryl methyl sites for hydroxylation is 3. The van der Waals surface area contributed by atoms with E-state index >= 15 is 0 Å². The molecule has 0 aliphatic carbocycles. The second-order valence-corrected chi connectivity index (χ2v) is 6.87. The van der Waals surface area contributed by atoms with E-state index in [0.29, 0.717) is 11.5 Å². The molecule has 0 saturated heterocycles. The van der Waals surface area contributed by atoms with Crippen LogP contribution in [0.15, 0.2) is 6.07 Å². The first-order chi connectivity index (χ1) is 9.38. The molecule has 0 saturated carbocycles. The Kier molecular flexibility index (Phi) is 6.74. The van der Waals surface area contributed by atoms with Crippen LogP contribution in [0.4, 0.5) is 0 Å². The highest BCUT2D eigenvalue weighted by Gasteiger charge is 2.23. The third-order valence-electron chi connectivity index (χ3n) is 4.00. The molecule has 1 heterocycles. The van der Waals surface area contributed by atoms with Crippen LogP contribution in [-0.2, 0) is 19.9 Å². The maximum absolute atomic E-state index is 4.53. The average Bonchev–Trinajstić information content (AvgIpc) is 2.73. The van der Waals surface area contributed by atoms with Crippen molar-refractivity contribution in [2.75, 3.05) is 6.54 Å². The Morgan fingerprint density at radius 1 is 1.30 bits per heavy atom. The van der Waals surface area contributed by atoms with Gasteiger partial charge in [-0.3, -0.25) is 4.68 Å². The summed E-state index contributed by atoms with van der Waals surface area (Å²) in [6, 6.07) is 2.85. The summed E-state index contributed by atoms with van der Waals surface area (Å²) in [5.41, 5.74) is 2.90. The fraction of sp³-hybridized carbons (Fsp3) is 0.824. The van der Waals surface area contributed by atoms with Gasteiger partial charge in [0.15, 0.2) is 0 Å². The summed E-state index contributed by atoms with van der Waals surface area (Å²) in [5.74, 6) is 0. The van der Waals surface area contributed by atoms with Crippen LogP contribution in [0.5, 0.6) is 0 Å². The van der Waals surface area contributed by atoms with Crippen molar-refractivity contribution in [1.82, 2.24) is 15.1 Å². The minimum Gasteiger partial charge on any atom is -0.313 e. The molecule has 0 bridgehead atoms. The average molecular weight is 279 g/mol. The molecule has 20 heavy (non-hydrogen) atoms. The molecule has 1 N–H and O–H groups in total. The highest BCUT2D eigenvalue weighted by atomic mass is 15.3. The predicted octanol–water partition coefficient (Wildman–Crippen LogP) is 3.72. The maximum atomic E-state index is 4.53. The molecular weight excluding hydrogens is 246 g/mol. The molecule has 116 valence electrons.